The summed E-state index contributed by atoms with van der Waals surface area (Å²) >= 11 is 0. The first-order valence-corrected chi connectivity index (χ1v) is 7.44. The van der Waals surface area contributed by atoms with Gasteiger partial charge in [-0.1, -0.05) is 60.7 Å². The fraction of sp³-hybridized carbons (Fsp3) is 0.333. The summed E-state index contributed by atoms with van der Waals surface area (Å²) in [5.41, 5.74) is 2.05. The van der Waals surface area contributed by atoms with Crippen molar-refractivity contribution in [1.29, 1.82) is 0 Å². The Morgan fingerprint density at radius 3 is 2.27 bits per heavy atom. The lowest BCUT2D eigenvalue weighted by molar-refractivity contribution is -0.0510. The minimum Gasteiger partial charge on any atom is -0.388 e. The van der Waals surface area contributed by atoms with Crippen molar-refractivity contribution in [3.8, 4) is 0 Å². The molecule has 4 nitrogen and oxygen atoms in total. The molecule has 0 radical (unpaired) electrons. The summed E-state index contributed by atoms with van der Waals surface area (Å²) in [6, 6.07) is 19.4. The van der Waals surface area contributed by atoms with Crippen LogP contribution in [0.1, 0.15) is 17.2 Å². The van der Waals surface area contributed by atoms with Crippen molar-refractivity contribution in [3.63, 3.8) is 0 Å². The number of hydrogen-bond acceptors (Lipinski definition) is 4. The van der Waals surface area contributed by atoms with Gasteiger partial charge in [0.05, 0.1) is 13.2 Å². The molecule has 3 rings (SSSR count). The molecule has 0 aliphatic carbocycles. The minimum absolute atomic E-state index is 0.0808. The van der Waals surface area contributed by atoms with Crippen molar-refractivity contribution in [2.75, 3.05) is 6.61 Å². The van der Waals surface area contributed by atoms with E-state index in [1.165, 1.54) is 0 Å². The number of rotatable bonds is 7. The zero-order valence-corrected chi connectivity index (χ0v) is 12.2. The van der Waals surface area contributed by atoms with Crippen LogP contribution in [0, 0.1) is 0 Å². The molecule has 1 fully saturated rings. The molecule has 1 heterocycles. The first-order chi connectivity index (χ1) is 10.8. The molecule has 4 atom stereocenters. The van der Waals surface area contributed by atoms with Gasteiger partial charge in [-0.15, -0.1) is 0 Å². The smallest absolute Gasteiger partial charge is 0.117 e. The van der Waals surface area contributed by atoms with Gasteiger partial charge in [-0.25, -0.2) is 0 Å². The van der Waals surface area contributed by atoms with Gasteiger partial charge in [-0.05, 0) is 11.1 Å². The van der Waals surface area contributed by atoms with Crippen LogP contribution < -0.4 is 0 Å². The lowest BCUT2D eigenvalue weighted by atomic mass is 10.0. The van der Waals surface area contributed by atoms with Crippen molar-refractivity contribution in [1.82, 2.24) is 0 Å². The standard InChI is InChI=1S/C18H20O4/c19-15(12-21-11-13-7-3-1-4-8-13)16(20)18-17(22-18)14-9-5-2-6-10-14/h1-10,15-20H,11-12H2/t15-,16+,17+,18-/m0/s1. The number of aliphatic hydroxyl groups excluding tert-OH is 2. The van der Waals surface area contributed by atoms with Gasteiger partial charge in [0.15, 0.2) is 0 Å². The summed E-state index contributed by atoms with van der Waals surface area (Å²) in [6.45, 7) is 0.496. The Hall–Kier alpha value is -1.72. The number of ether oxygens (including phenoxy) is 2. The lowest BCUT2D eigenvalue weighted by Gasteiger charge is -2.16. The molecule has 116 valence electrons. The second-order valence-corrected chi connectivity index (χ2v) is 5.49. The van der Waals surface area contributed by atoms with Gasteiger partial charge < -0.3 is 19.7 Å². The molecule has 2 aromatic carbocycles. The molecule has 0 spiro atoms. The Bertz CT molecular complexity index is 572. The highest BCUT2D eigenvalue weighted by Crippen LogP contribution is 2.41. The summed E-state index contributed by atoms with van der Waals surface area (Å²) < 4.78 is 10.9. The van der Waals surface area contributed by atoms with Gasteiger partial charge in [-0.2, -0.15) is 0 Å². The highest BCUT2D eigenvalue weighted by atomic mass is 16.6. The Morgan fingerprint density at radius 1 is 0.955 bits per heavy atom. The van der Waals surface area contributed by atoms with Gasteiger partial charge in [-0.3, -0.25) is 0 Å². The van der Waals surface area contributed by atoms with Crippen LogP contribution in [0.4, 0.5) is 0 Å². The summed E-state index contributed by atoms with van der Waals surface area (Å²) in [4.78, 5) is 0. The Labute approximate surface area is 129 Å². The SMILES string of the molecule is O[C@@H]([C@@H]1O[C@@H]1c1ccccc1)[C@@H](O)COCc1ccccc1. The molecule has 1 saturated heterocycles. The van der Waals surface area contributed by atoms with E-state index in [1.807, 2.05) is 60.7 Å². The zero-order valence-electron chi connectivity index (χ0n) is 12.2. The van der Waals surface area contributed by atoms with Crippen LogP contribution in [0.15, 0.2) is 60.7 Å². The van der Waals surface area contributed by atoms with Crippen LogP contribution >= 0.6 is 0 Å². The van der Waals surface area contributed by atoms with Gasteiger partial charge in [0.25, 0.3) is 0 Å². The second-order valence-electron chi connectivity index (χ2n) is 5.49. The first-order valence-electron chi connectivity index (χ1n) is 7.44. The van der Waals surface area contributed by atoms with E-state index in [0.29, 0.717) is 6.61 Å². The zero-order chi connectivity index (χ0) is 15.4. The third-order valence-electron chi connectivity index (χ3n) is 3.78. The van der Waals surface area contributed by atoms with E-state index in [-0.39, 0.29) is 18.8 Å². The summed E-state index contributed by atoms with van der Waals surface area (Å²) in [5, 5.41) is 20.1. The molecule has 2 aromatic rings. The number of aliphatic hydroxyl groups is 2. The van der Waals surface area contributed by atoms with Gasteiger partial charge in [0.1, 0.15) is 24.4 Å². The molecule has 1 aliphatic heterocycles. The van der Waals surface area contributed by atoms with E-state index in [2.05, 4.69) is 0 Å². The number of hydrogen-bond donors (Lipinski definition) is 2. The summed E-state index contributed by atoms with van der Waals surface area (Å²) in [7, 11) is 0. The molecular weight excluding hydrogens is 280 g/mol. The maximum absolute atomic E-state index is 10.1. The van der Waals surface area contributed by atoms with Crippen molar-refractivity contribution >= 4 is 0 Å². The van der Waals surface area contributed by atoms with Gasteiger partial charge >= 0.3 is 0 Å². The van der Waals surface area contributed by atoms with Crippen LogP contribution in [0.2, 0.25) is 0 Å². The van der Waals surface area contributed by atoms with Crippen LogP contribution in [-0.4, -0.2) is 35.1 Å². The molecule has 0 amide bonds. The van der Waals surface area contributed by atoms with Crippen LogP contribution in [0.5, 0.6) is 0 Å². The first kappa shape index (κ1) is 15.2. The molecule has 0 bridgehead atoms. The van der Waals surface area contributed by atoms with Crippen molar-refractivity contribution in [2.45, 2.75) is 31.0 Å². The third-order valence-corrected chi connectivity index (χ3v) is 3.78. The molecule has 2 N–H and O–H groups in total. The minimum atomic E-state index is -0.956. The van der Waals surface area contributed by atoms with Gasteiger partial charge in [0.2, 0.25) is 0 Å². The molecule has 1 aliphatic rings. The fourth-order valence-corrected chi connectivity index (χ4v) is 2.48. The monoisotopic (exact) mass is 300 g/mol. The molecule has 22 heavy (non-hydrogen) atoms. The topological polar surface area (TPSA) is 62.2 Å². The largest absolute Gasteiger partial charge is 0.388 e. The quantitative estimate of drug-likeness (QED) is 0.768. The van der Waals surface area contributed by atoms with Crippen molar-refractivity contribution in [3.05, 3.63) is 71.8 Å². The maximum atomic E-state index is 10.1. The highest BCUT2D eigenvalue weighted by molar-refractivity contribution is 5.23. The molecule has 0 unspecified atom stereocenters. The molecule has 0 saturated carbocycles. The van der Waals surface area contributed by atoms with Crippen LogP contribution in [-0.2, 0) is 16.1 Å². The van der Waals surface area contributed by atoms with E-state index >= 15 is 0 Å². The third kappa shape index (κ3) is 3.72. The average molecular weight is 300 g/mol. The van der Waals surface area contributed by atoms with E-state index in [1.54, 1.807) is 0 Å². The summed E-state index contributed by atoms with van der Waals surface area (Å²) in [5.74, 6) is 0. The summed E-state index contributed by atoms with van der Waals surface area (Å²) in [6.07, 6.45) is -2.40. The van der Waals surface area contributed by atoms with E-state index in [9.17, 15) is 10.2 Å². The normalized spacial score (nSPS) is 23.0. The van der Waals surface area contributed by atoms with Crippen LogP contribution in [0.25, 0.3) is 0 Å². The Morgan fingerprint density at radius 2 is 1.59 bits per heavy atom. The number of epoxide rings is 1. The number of benzene rings is 2. The Kier molecular flexibility index (Phi) is 4.85. The highest BCUT2D eigenvalue weighted by Gasteiger charge is 2.47. The average Bonchev–Trinajstić information content (AvgIpc) is 3.36. The fourth-order valence-electron chi connectivity index (χ4n) is 2.48. The second kappa shape index (κ2) is 7.03. The van der Waals surface area contributed by atoms with E-state index < -0.39 is 12.2 Å². The Balaban J connectivity index is 1.44. The molecule has 0 aromatic heterocycles. The van der Waals surface area contributed by atoms with E-state index in [4.69, 9.17) is 9.47 Å². The molecule has 4 heteroatoms. The predicted octanol–water partition coefficient (Wildman–Crippen LogP) is 2.07. The van der Waals surface area contributed by atoms with Gasteiger partial charge in [0, 0.05) is 0 Å². The lowest BCUT2D eigenvalue weighted by Crippen LogP contribution is -2.35. The van der Waals surface area contributed by atoms with Crippen molar-refractivity contribution < 1.29 is 19.7 Å². The van der Waals surface area contributed by atoms with Crippen molar-refractivity contribution in [2.24, 2.45) is 0 Å². The molecular formula is C18H20O4. The van der Waals surface area contributed by atoms with E-state index in [0.717, 1.165) is 11.1 Å². The predicted molar refractivity (Wildman–Crippen MR) is 82.2 cm³/mol. The maximum Gasteiger partial charge on any atom is 0.117 e. The van der Waals surface area contributed by atoms with Crippen LogP contribution in [0.3, 0.4) is 0 Å².